The van der Waals surface area contributed by atoms with Crippen molar-refractivity contribution in [2.45, 2.75) is 58.6 Å². The summed E-state index contributed by atoms with van der Waals surface area (Å²) in [7, 11) is 1.62. The van der Waals surface area contributed by atoms with E-state index in [0.717, 1.165) is 11.3 Å². The SMILES string of the molecule is COc1cc(N2CCN(C(=O)OC(C)(C)C)C(C)C2)ccc1C(C)(C)C#N. The summed E-state index contributed by atoms with van der Waals surface area (Å²) in [6, 6.07) is 8.32. The second kappa shape index (κ2) is 7.67. The Labute approximate surface area is 162 Å². The molecule has 0 N–H and O–H groups in total. The van der Waals surface area contributed by atoms with E-state index in [1.54, 1.807) is 12.0 Å². The van der Waals surface area contributed by atoms with E-state index in [-0.39, 0.29) is 12.1 Å². The van der Waals surface area contributed by atoms with Crippen LogP contribution in [0.2, 0.25) is 0 Å². The summed E-state index contributed by atoms with van der Waals surface area (Å²) in [5.41, 5.74) is 0.786. The standard InChI is InChI=1S/C21H31N3O3/c1-15-13-23(10-11-24(15)19(25)27-20(2,3)4)16-8-9-17(18(12-16)26-7)21(5,6)14-22/h8-9,12,15H,10-11,13H2,1-7H3. The van der Waals surface area contributed by atoms with Crippen molar-refractivity contribution in [2.24, 2.45) is 0 Å². The maximum absolute atomic E-state index is 12.4. The highest BCUT2D eigenvalue weighted by Crippen LogP contribution is 2.35. The number of carbonyl (C=O) groups is 1. The normalized spacial score (nSPS) is 18.1. The molecule has 0 aliphatic carbocycles. The molecule has 2 rings (SSSR count). The van der Waals surface area contributed by atoms with E-state index < -0.39 is 11.0 Å². The summed E-state index contributed by atoms with van der Waals surface area (Å²) >= 11 is 0. The molecule has 1 aromatic rings. The molecular formula is C21H31N3O3. The Bertz CT molecular complexity index is 731. The van der Waals surface area contributed by atoms with Crippen LogP contribution in [-0.2, 0) is 10.2 Å². The molecule has 0 spiro atoms. The van der Waals surface area contributed by atoms with Crippen molar-refractivity contribution < 1.29 is 14.3 Å². The first kappa shape index (κ1) is 20.9. The van der Waals surface area contributed by atoms with Crippen molar-refractivity contribution in [1.29, 1.82) is 5.26 Å². The third-order valence-electron chi connectivity index (χ3n) is 4.76. The van der Waals surface area contributed by atoms with E-state index in [9.17, 15) is 10.1 Å². The second-order valence-electron chi connectivity index (χ2n) is 8.59. The second-order valence-corrected chi connectivity index (χ2v) is 8.59. The highest BCUT2D eigenvalue weighted by molar-refractivity contribution is 5.69. The van der Waals surface area contributed by atoms with Crippen LogP contribution in [0, 0.1) is 11.3 Å². The van der Waals surface area contributed by atoms with Gasteiger partial charge in [-0.15, -0.1) is 0 Å². The van der Waals surface area contributed by atoms with Crippen molar-refractivity contribution in [1.82, 2.24) is 4.90 Å². The van der Waals surface area contributed by atoms with Crippen LogP contribution in [0.1, 0.15) is 47.1 Å². The van der Waals surface area contributed by atoms with Crippen LogP contribution in [0.15, 0.2) is 18.2 Å². The first-order valence-corrected chi connectivity index (χ1v) is 9.33. The minimum absolute atomic E-state index is 0.0369. The number of benzene rings is 1. The Morgan fingerprint density at radius 2 is 1.89 bits per heavy atom. The van der Waals surface area contributed by atoms with Crippen LogP contribution in [0.25, 0.3) is 0 Å². The van der Waals surface area contributed by atoms with Gasteiger partial charge in [0.15, 0.2) is 0 Å². The summed E-state index contributed by atoms with van der Waals surface area (Å²) in [6.07, 6.45) is -0.265. The average Bonchev–Trinajstić information content (AvgIpc) is 2.59. The zero-order chi connectivity index (χ0) is 20.4. The van der Waals surface area contributed by atoms with Gasteiger partial charge in [0.05, 0.1) is 18.6 Å². The number of ether oxygens (including phenoxy) is 2. The number of nitrogens with zero attached hydrogens (tertiary/aromatic N) is 3. The van der Waals surface area contributed by atoms with E-state index in [1.807, 2.05) is 59.7 Å². The van der Waals surface area contributed by atoms with E-state index in [4.69, 9.17) is 9.47 Å². The zero-order valence-corrected chi connectivity index (χ0v) is 17.5. The Morgan fingerprint density at radius 3 is 2.41 bits per heavy atom. The minimum atomic E-state index is -0.618. The molecular weight excluding hydrogens is 342 g/mol. The van der Waals surface area contributed by atoms with Crippen molar-refractivity contribution in [3.8, 4) is 11.8 Å². The number of amides is 1. The van der Waals surface area contributed by atoms with Gasteiger partial charge in [-0.2, -0.15) is 5.26 Å². The molecule has 1 fully saturated rings. The Balaban J connectivity index is 2.16. The summed E-state index contributed by atoms with van der Waals surface area (Å²) in [5, 5.41) is 9.42. The van der Waals surface area contributed by atoms with Gasteiger partial charge in [-0.05, 0) is 47.6 Å². The van der Waals surface area contributed by atoms with Crippen LogP contribution in [-0.4, -0.2) is 49.4 Å². The lowest BCUT2D eigenvalue weighted by Crippen LogP contribution is -2.55. The summed E-state index contributed by atoms with van der Waals surface area (Å²) in [4.78, 5) is 16.4. The van der Waals surface area contributed by atoms with Crippen LogP contribution in [0.3, 0.4) is 0 Å². The van der Waals surface area contributed by atoms with Gasteiger partial charge in [0.25, 0.3) is 0 Å². The third-order valence-corrected chi connectivity index (χ3v) is 4.76. The van der Waals surface area contributed by atoms with Crippen molar-refractivity contribution in [3.63, 3.8) is 0 Å². The van der Waals surface area contributed by atoms with Crippen LogP contribution in [0.5, 0.6) is 5.75 Å². The average molecular weight is 373 g/mol. The van der Waals surface area contributed by atoms with Gasteiger partial charge >= 0.3 is 6.09 Å². The third kappa shape index (κ3) is 4.85. The molecule has 1 atom stereocenters. The molecule has 27 heavy (non-hydrogen) atoms. The maximum Gasteiger partial charge on any atom is 0.410 e. The number of hydrogen-bond acceptors (Lipinski definition) is 5. The number of hydrogen-bond donors (Lipinski definition) is 0. The Kier molecular flexibility index (Phi) is 5.94. The highest BCUT2D eigenvalue weighted by Gasteiger charge is 2.31. The molecule has 1 aliphatic heterocycles. The smallest absolute Gasteiger partial charge is 0.410 e. The summed E-state index contributed by atoms with van der Waals surface area (Å²) in [5.74, 6) is 0.710. The first-order valence-electron chi connectivity index (χ1n) is 9.33. The molecule has 0 saturated carbocycles. The fourth-order valence-corrected chi connectivity index (χ4v) is 3.24. The van der Waals surface area contributed by atoms with Crippen molar-refractivity contribution >= 4 is 11.8 Å². The number of rotatable bonds is 3. The van der Waals surface area contributed by atoms with E-state index >= 15 is 0 Å². The van der Waals surface area contributed by atoms with Gasteiger partial charge < -0.3 is 19.3 Å². The number of nitriles is 1. The van der Waals surface area contributed by atoms with E-state index in [2.05, 4.69) is 11.0 Å². The molecule has 1 aromatic carbocycles. The topological polar surface area (TPSA) is 65.8 Å². The fourth-order valence-electron chi connectivity index (χ4n) is 3.24. The Morgan fingerprint density at radius 1 is 1.22 bits per heavy atom. The van der Waals surface area contributed by atoms with Gasteiger partial charge in [-0.1, -0.05) is 6.07 Å². The molecule has 1 aliphatic rings. The van der Waals surface area contributed by atoms with Gasteiger partial charge in [0.2, 0.25) is 0 Å². The predicted molar refractivity (Wildman–Crippen MR) is 106 cm³/mol. The fraction of sp³-hybridized carbons (Fsp3) is 0.619. The quantitative estimate of drug-likeness (QED) is 0.803. The maximum atomic E-state index is 12.4. The first-order chi connectivity index (χ1) is 12.5. The number of anilines is 1. The highest BCUT2D eigenvalue weighted by atomic mass is 16.6. The van der Waals surface area contributed by atoms with Crippen LogP contribution < -0.4 is 9.64 Å². The number of carbonyl (C=O) groups excluding carboxylic acids is 1. The lowest BCUT2D eigenvalue weighted by Gasteiger charge is -2.41. The molecule has 0 bridgehead atoms. The molecule has 1 amide bonds. The zero-order valence-electron chi connectivity index (χ0n) is 17.5. The number of methoxy groups -OCH3 is 1. The van der Waals surface area contributed by atoms with E-state index in [0.29, 0.717) is 25.4 Å². The van der Waals surface area contributed by atoms with Gasteiger partial charge in [-0.3, -0.25) is 0 Å². The predicted octanol–water partition coefficient (Wildman–Crippen LogP) is 3.94. The summed E-state index contributed by atoms with van der Waals surface area (Å²) in [6.45, 7) is 13.5. The largest absolute Gasteiger partial charge is 0.496 e. The molecule has 1 heterocycles. The summed E-state index contributed by atoms with van der Waals surface area (Å²) < 4.78 is 11.1. The molecule has 6 nitrogen and oxygen atoms in total. The lowest BCUT2D eigenvalue weighted by atomic mass is 9.85. The van der Waals surface area contributed by atoms with Gasteiger partial charge in [0.1, 0.15) is 11.4 Å². The lowest BCUT2D eigenvalue weighted by molar-refractivity contribution is 0.0159. The van der Waals surface area contributed by atoms with Crippen LogP contribution in [0.4, 0.5) is 10.5 Å². The molecule has 0 aromatic heterocycles. The van der Waals surface area contributed by atoms with Gasteiger partial charge in [-0.25, -0.2) is 4.79 Å². The molecule has 148 valence electrons. The monoisotopic (exact) mass is 373 g/mol. The van der Waals surface area contributed by atoms with Crippen LogP contribution >= 0.6 is 0 Å². The molecule has 0 radical (unpaired) electrons. The molecule has 6 heteroatoms. The Hall–Kier alpha value is -2.42. The van der Waals surface area contributed by atoms with Crippen molar-refractivity contribution in [3.05, 3.63) is 23.8 Å². The van der Waals surface area contributed by atoms with Crippen molar-refractivity contribution in [2.75, 3.05) is 31.6 Å². The molecule has 1 saturated heterocycles. The minimum Gasteiger partial charge on any atom is -0.496 e. The molecule has 1 unspecified atom stereocenters. The number of piperazine rings is 1. The van der Waals surface area contributed by atoms with Gasteiger partial charge in [0, 0.05) is 43.0 Å². The van der Waals surface area contributed by atoms with E-state index in [1.165, 1.54) is 0 Å².